The number of fused-ring (bicyclic) bond motifs is 1. The minimum Gasteiger partial charge on any atom is -0.445 e. The fourth-order valence-electron chi connectivity index (χ4n) is 3.16. The SMILES string of the molecule is O=C(CN1C(=O)CNC1=O)N1CCc2oc(Cc3ccccc3)nc2C1. The van der Waals surface area contributed by atoms with Gasteiger partial charge in [0.05, 0.1) is 13.1 Å². The zero-order chi connectivity index (χ0) is 18.1. The highest BCUT2D eigenvalue weighted by Crippen LogP contribution is 2.21. The Morgan fingerprint density at radius 1 is 1.23 bits per heavy atom. The van der Waals surface area contributed by atoms with E-state index in [2.05, 4.69) is 10.3 Å². The lowest BCUT2D eigenvalue weighted by Gasteiger charge is -2.26. The number of imide groups is 1. The van der Waals surface area contributed by atoms with Crippen molar-refractivity contribution < 1.29 is 18.8 Å². The van der Waals surface area contributed by atoms with Crippen molar-refractivity contribution in [2.24, 2.45) is 0 Å². The molecular formula is C18H18N4O4. The Kier molecular flexibility index (Phi) is 4.16. The molecular weight excluding hydrogens is 336 g/mol. The quantitative estimate of drug-likeness (QED) is 0.816. The van der Waals surface area contributed by atoms with Crippen molar-refractivity contribution in [1.29, 1.82) is 0 Å². The molecule has 0 atom stereocenters. The van der Waals surface area contributed by atoms with Crippen molar-refractivity contribution in [3.63, 3.8) is 0 Å². The summed E-state index contributed by atoms with van der Waals surface area (Å²) < 4.78 is 5.83. The molecule has 8 heteroatoms. The van der Waals surface area contributed by atoms with E-state index in [4.69, 9.17) is 4.42 Å². The van der Waals surface area contributed by atoms with Crippen LogP contribution in [0, 0.1) is 0 Å². The van der Waals surface area contributed by atoms with Crippen LogP contribution in [0.25, 0.3) is 0 Å². The van der Waals surface area contributed by atoms with Gasteiger partial charge in [-0.25, -0.2) is 9.78 Å². The molecule has 134 valence electrons. The predicted molar refractivity (Wildman–Crippen MR) is 90.0 cm³/mol. The van der Waals surface area contributed by atoms with E-state index >= 15 is 0 Å². The van der Waals surface area contributed by atoms with Gasteiger partial charge in [-0.1, -0.05) is 30.3 Å². The zero-order valence-corrected chi connectivity index (χ0v) is 14.1. The number of carbonyl (C=O) groups excluding carboxylic acids is 3. The van der Waals surface area contributed by atoms with Gasteiger partial charge in [-0.15, -0.1) is 0 Å². The zero-order valence-electron chi connectivity index (χ0n) is 14.1. The van der Waals surface area contributed by atoms with Crippen LogP contribution in [0.2, 0.25) is 0 Å². The highest BCUT2D eigenvalue weighted by molar-refractivity contribution is 6.04. The fraction of sp³-hybridized carbons (Fsp3) is 0.333. The predicted octanol–water partition coefficient (Wildman–Crippen LogP) is 0.702. The third kappa shape index (κ3) is 3.17. The lowest BCUT2D eigenvalue weighted by molar-refractivity contribution is -0.137. The van der Waals surface area contributed by atoms with Gasteiger partial charge in [0, 0.05) is 19.4 Å². The molecule has 0 saturated carbocycles. The molecule has 1 aromatic heterocycles. The van der Waals surface area contributed by atoms with E-state index in [0.29, 0.717) is 31.8 Å². The van der Waals surface area contributed by atoms with Gasteiger partial charge in [-0.2, -0.15) is 0 Å². The van der Waals surface area contributed by atoms with E-state index in [-0.39, 0.29) is 24.9 Å². The van der Waals surface area contributed by atoms with Gasteiger partial charge in [0.15, 0.2) is 5.89 Å². The molecule has 0 radical (unpaired) electrons. The first-order valence-electron chi connectivity index (χ1n) is 8.47. The molecule has 8 nitrogen and oxygen atoms in total. The van der Waals surface area contributed by atoms with Crippen molar-refractivity contribution in [3.05, 3.63) is 53.2 Å². The number of hydrogen-bond acceptors (Lipinski definition) is 5. The third-order valence-corrected chi connectivity index (χ3v) is 4.55. The summed E-state index contributed by atoms with van der Waals surface area (Å²) in [6.45, 7) is 0.517. The van der Waals surface area contributed by atoms with Crippen molar-refractivity contribution in [1.82, 2.24) is 20.1 Å². The van der Waals surface area contributed by atoms with Gasteiger partial charge in [-0.05, 0) is 5.56 Å². The Morgan fingerprint density at radius 2 is 2.04 bits per heavy atom. The summed E-state index contributed by atoms with van der Waals surface area (Å²) in [5.41, 5.74) is 1.85. The molecule has 1 fully saturated rings. The van der Waals surface area contributed by atoms with Crippen LogP contribution in [0.1, 0.15) is 22.9 Å². The van der Waals surface area contributed by atoms with Crippen LogP contribution in [-0.2, 0) is 29.0 Å². The average Bonchev–Trinajstić information content (AvgIpc) is 3.19. The molecule has 1 saturated heterocycles. The van der Waals surface area contributed by atoms with Crippen LogP contribution >= 0.6 is 0 Å². The van der Waals surface area contributed by atoms with E-state index in [1.54, 1.807) is 4.90 Å². The van der Waals surface area contributed by atoms with Gasteiger partial charge in [0.2, 0.25) is 5.91 Å². The summed E-state index contributed by atoms with van der Waals surface area (Å²) in [5.74, 6) is 0.779. The standard InChI is InChI=1S/C18H18N4O4/c23-16-9-19-18(25)22(16)11-17(24)21-7-6-14-13(10-21)20-15(26-14)8-12-4-2-1-3-5-12/h1-5H,6-11H2,(H,19,25). The van der Waals surface area contributed by atoms with Gasteiger partial charge in [0.25, 0.3) is 5.91 Å². The van der Waals surface area contributed by atoms with Gasteiger partial charge < -0.3 is 14.6 Å². The number of benzene rings is 1. The molecule has 4 amide bonds. The minimum absolute atomic E-state index is 0.0532. The first-order valence-corrected chi connectivity index (χ1v) is 8.47. The summed E-state index contributed by atoms with van der Waals surface area (Å²) in [6.07, 6.45) is 1.17. The highest BCUT2D eigenvalue weighted by Gasteiger charge is 2.33. The maximum Gasteiger partial charge on any atom is 0.325 e. The summed E-state index contributed by atoms with van der Waals surface area (Å²) in [7, 11) is 0. The molecule has 0 aliphatic carbocycles. The summed E-state index contributed by atoms with van der Waals surface area (Å²) >= 11 is 0. The van der Waals surface area contributed by atoms with Crippen LogP contribution in [0.3, 0.4) is 0 Å². The second-order valence-corrected chi connectivity index (χ2v) is 6.34. The molecule has 26 heavy (non-hydrogen) atoms. The van der Waals surface area contributed by atoms with E-state index in [1.807, 2.05) is 30.3 Å². The number of urea groups is 1. The van der Waals surface area contributed by atoms with Gasteiger partial charge >= 0.3 is 6.03 Å². The third-order valence-electron chi connectivity index (χ3n) is 4.55. The van der Waals surface area contributed by atoms with Crippen LogP contribution in [-0.4, -0.2) is 52.3 Å². The van der Waals surface area contributed by atoms with Crippen molar-refractivity contribution >= 4 is 17.8 Å². The lowest BCUT2D eigenvalue weighted by Crippen LogP contribution is -2.44. The fourth-order valence-corrected chi connectivity index (χ4v) is 3.16. The monoisotopic (exact) mass is 354 g/mol. The first-order chi connectivity index (χ1) is 12.6. The van der Waals surface area contributed by atoms with Crippen molar-refractivity contribution in [2.45, 2.75) is 19.4 Å². The normalized spacial score (nSPS) is 16.6. The number of nitrogens with one attached hydrogen (secondary N) is 1. The summed E-state index contributed by atoms with van der Waals surface area (Å²) in [4.78, 5) is 42.7. The van der Waals surface area contributed by atoms with E-state index in [1.165, 1.54) is 0 Å². The summed E-state index contributed by atoms with van der Waals surface area (Å²) in [6, 6.07) is 9.39. The lowest BCUT2D eigenvalue weighted by atomic mass is 10.1. The Bertz CT molecular complexity index is 845. The summed E-state index contributed by atoms with van der Waals surface area (Å²) in [5, 5.41) is 2.41. The number of carbonyl (C=O) groups is 3. The largest absolute Gasteiger partial charge is 0.445 e. The number of nitrogens with zero attached hydrogens (tertiary/aromatic N) is 3. The molecule has 1 N–H and O–H groups in total. The second kappa shape index (κ2) is 6.62. The number of hydrogen-bond donors (Lipinski definition) is 1. The van der Waals surface area contributed by atoms with Crippen LogP contribution in [0.15, 0.2) is 34.7 Å². The Morgan fingerprint density at radius 3 is 2.77 bits per heavy atom. The molecule has 3 heterocycles. The molecule has 0 spiro atoms. The number of aromatic nitrogens is 1. The molecule has 4 rings (SSSR count). The van der Waals surface area contributed by atoms with Crippen molar-refractivity contribution in [3.8, 4) is 0 Å². The van der Waals surface area contributed by atoms with Gasteiger partial charge in [0.1, 0.15) is 18.0 Å². The molecule has 2 aromatic rings. The Labute approximate surface area is 149 Å². The van der Waals surface area contributed by atoms with Crippen LogP contribution in [0.5, 0.6) is 0 Å². The second-order valence-electron chi connectivity index (χ2n) is 6.34. The molecule has 0 unspecified atom stereocenters. The molecule has 0 bridgehead atoms. The molecule has 2 aliphatic rings. The molecule has 1 aromatic carbocycles. The van der Waals surface area contributed by atoms with Crippen molar-refractivity contribution in [2.75, 3.05) is 19.6 Å². The molecule has 2 aliphatic heterocycles. The smallest absolute Gasteiger partial charge is 0.325 e. The highest BCUT2D eigenvalue weighted by atomic mass is 16.4. The first kappa shape index (κ1) is 16.3. The Balaban J connectivity index is 1.42. The number of rotatable bonds is 4. The van der Waals surface area contributed by atoms with E-state index in [9.17, 15) is 14.4 Å². The number of amides is 4. The topological polar surface area (TPSA) is 95.8 Å². The van der Waals surface area contributed by atoms with Gasteiger partial charge in [-0.3, -0.25) is 14.5 Å². The maximum atomic E-state index is 12.4. The average molecular weight is 354 g/mol. The maximum absolute atomic E-state index is 12.4. The van der Waals surface area contributed by atoms with Crippen LogP contribution < -0.4 is 5.32 Å². The minimum atomic E-state index is -0.521. The Hall–Kier alpha value is -3.16. The number of oxazole rings is 1. The van der Waals surface area contributed by atoms with Crippen LogP contribution in [0.4, 0.5) is 4.79 Å². The van der Waals surface area contributed by atoms with E-state index < -0.39 is 6.03 Å². The van der Waals surface area contributed by atoms with E-state index in [0.717, 1.165) is 21.9 Å².